The van der Waals surface area contributed by atoms with E-state index in [0.717, 1.165) is 11.0 Å². The number of rotatable bonds is 16. The molecule has 2 heterocycles. The first kappa shape index (κ1) is 42.2. The maximum Gasteiger partial charge on any atom is 0.408 e. The number of likely N-dealkylation sites (tertiary alicyclic amines) is 1. The van der Waals surface area contributed by atoms with Crippen molar-refractivity contribution in [3.05, 3.63) is 54.8 Å². The van der Waals surface area contributed by atoms with Crippen LogP contribution in [-0.2, 0) is 33.9 Å². The van der Waals surface area contributed by atoms with Gasteiger partial charge >= 0.3 is 6.09 Å². The van der Waals surface area contributed by atoms with Crippen LogP contribution < -0.4 is 24.8 Å². The summed E-state index contributed by atoms with van der Waals surface area (Å²) in [6.07, 6.45) is 3.50. The van der Waals surface area contributed by atoms with Crippen LogP contribution in [0.3, 0.4) is 0 Å². The predicted octanol–water partition coefficient (Wildman–Crippen LogP) is 4.25. The van der Waals surface area contributed by atoms with Crippen molar-refractivity contribution >= 4 is 50.4 Å². The summed E-state index contributed by atoms with van der Waals surface area (Å²) in [5.74, 6) is -2.20. The Morgan fingerprint density at radius 1 is 1.11 bits per heavy atom. The van der Waals surface area contributed by atoms with Gasteiger partial charge in [0, 0.05) is 30.3 Å². The summed E-state index contributed by atoms with van der Waals surface area (Å²) in [5.41, 5.74) is -1.74. The Labute approximate surface area is 328 Å². The van der Waals surface area contributed by atoms with Crippen LogP contribution in [0.2, 0.25) is 0 Å². The summed E-state index contributed by atoms with van der Waals surface area (Å²) in [7, 11) is -3.94. The maximum absolute atomic E-state index is 14.5. The number of ketones is 1. The van der Waals surface area contributed by atoms with Crippen LogP contribution in [0.5, 0.6) is 11.6 Å². The molecule has 1 aromatic carbocycles. The van der Waals surface area contributed by atoms with E-state index in [1.54, 1.807) is 52.9 Å². The van der Waals surface area contributed by atoms with E-state index in [-0.39, 0.29) is 50.0 Å². The van der Waals surface area contributed by atoms with Gasteiger partial charge in [-0.1, -0.05) is 11.6 Å². The van der Waals surface area contributed by atoms with E-state index < -0.39 is 74.3 Å². The molecule has 15 nitrogen and oxygen atoms in total. The topological polar surface area (TPSA) is 199 Å². The van der Waals surface area contributed by atoms with Gasteiger partial charge in [-0.3, -0.25) is 23.9 Å². The van der Waals surface area contributed by atoms with Crippen LogP contribution in [-0.4, -0.2) is 95.1 Å². The van der Waals surface area contributed by atoms with E-state index in [2.05, 4.69) is 26.9 Å². The standard InChI is InChI=1S/C40H53N5O10S/c1-9-26-21-40(26,37(49)44-56(51,52)30-12-13-30)43-34(47)33-20-29(54-35-31-14-11-28(53-24(4)5)19-25(31)16-17-41-35)22-45(33)36(48)32(15-10-27(46)18-23(2)3)42-38(50)55-39(6,7)8/h9,11,14,16-19,24,26,29-30,32-33H,1,10,12-13,15,20-22H2,2-8H3,(H,42,50)(H,43,47)(H,44,49). The molecule has 2 aromatic rings. The lowest BCUT2D eigenvalue weighted by Gasteiger charge is -2.30. The lowest BCUT2D eigenvalue weighted by atomic mass is 10.1. The summed E-state index contributed by atoms with van der Waals surface area (Å²) in [5, 5.41) is 6.13. The van der Waals surface area contributed by atoms with E-state index in [4.69, 9.17) is 14.2 Å². The number of carbonyl (C=O) groups is 5. The minimum absolute atomic E-state index is 0.0423. The number of carbonyl (C=O) groups excluding carboxylic acids is 5. The molecule has 0 radical (unpaired) electrons. The molecule has 1 aromatic heterocycles. The van der Waals surface area contributed by atoms with Crippen molar-refractivity contribution in [1.29, 1.82) is 0 Å². The van der Waals surface area contributed by atoms with E-state index >= 15 is 0 Å². The molecule has 16 heteroatoms. The van der Waals surface area contributed by atoms with Gasteiger partial charge < -0.3 is 29.7 Å². The smallest absolute Gasteiger partial charge is 0.408 e. The van der Waals surface area contributed by atoms with Gasteiger partial charge in [0.05, 0.1) is 17.9 Å². The molecule has 3 N–H and O–H groups in total. The highest BCUT2D eigenvalue weighted by molar-refractivity contribution is 7.91. The third kappa shape index (κ3) is 10.4. The minimum Gasteiger partial charge on any atom is -0.491 e. The summed E-state index contributed by atoms with van der Waals surface area (Å²) in [6, 6.07) is 4.74. The Balaban J connectivity index is 1.45. The number of hydrogen-bond acceptors (Lipinski definition) is 11. The van der Waals surface area contributed by atoms with Crippen LogP contribution in [0.1, 0.15) is 87.0 Å². The predicted molar refractivity (Wildman–Crippen MR) is 208 cm³/mol. The third-order valence-electron chi connectivity index (χ3n) is 9.56. The fourth-order valence-electron chi connectivity index (χ4n) is 6.71. The normalized spacial score (nSPS) is 22.4. The van der Waals surface area contributed by atoms with E-state index in [1.807, 2.05) is 26.0 Å². The van der Waals surface area contributed by atoms with Gasteiger partial charge in [0.1, 0.15) is 35.1 Å². The zero-order chi connectivity index (χ0) is 41.2. The zero-order valence-corrected chi connectivity index (χ0v) is 33.9. The number of aromatic nitrogens is 1. The number of ether oxygens (including phenoxy) is 3. The Morgan fingerprint density at radius 3 is 2.43 bits per heavy atom. The quantitative estimate of drug-likeness (QED) is 0.162. The van der Waals surface area contributed by atoms with Crippen LogP contribution in [0.4, 0.5) is 4.79 Å². The Hall–Kier alpha value is -4.99. The van der Waals surface area contributed by atoms with Crippen molar-refractivity contribution in [2.24, 2.45) is 5.92 Å². The molecule has 0 bridgehead atoms. The fraction of sp³-hybridized carbons (Fsp3) is 0.550. The number of fused-ring (bicyclic) bond motifs is 1. The molecule has 1 saturated heterocycles. The second-order valence-corrected chi connectivity index (χ2v) is 18.2. The molecule has 1 aliphatic heterocycles. The van der Waals surface area contributed by atoms with Gasteiger partial charge in [0.25, 0.3) is 5.91 Å². The Kier molecular flexibility index (Phi) is 12.5. The average molecular weight is 796 g/mol. The van der Waals surface area contributed by atoms with Crippen molar-refractivity contribution in [1.82, 2.24) is 25.2 Å². The number of sulfonamides is 1. The van der Waals surface area contributed by atoms with Gasteiger partial charge in [-0.25, -0.2) is 18.2 Å². The molecule has 3 fully saturated rings. The first-order chi connectivity index (χ1) is 26.2. The number of amides is 4. The van der Waals surface area contributed by atoms with Crippen molar-refractivity contribution in [2.75, 3.05) is 6.54 Å². The molecule has 56 heavy (non-hydrogen) atoms. The number of hydrogen-bond donors (Lipinski definition) is 3. The van der Waals surface area contributed by atoms with Crippen molar-refractivity contribution in [3.63, 3.8) is 0 Å². The van der Waals surface area contributed by atoms with Crippen LogP contribution in [0.25, 0.3) is 10.8 Å². The second-order valence-electron chi connectivity index (χ2n) is 16.3. The number of benzene rings is 1. The Morgan fingerprint density at radius 2 is 1.82 bits per heavy atom. The molecule has 2 saturated carbocycles. The molecule has 2 aliphatic carbocycles. The van der Waals surface area contributed by atoms with E-state index in [1.165, 1.54) is 17.1 Å². The summed E-state index contributed by atoms with van der Waals surface area (Å²) < 4.78 is 45.3. The van der Waals surface area contributed by atoms with Gasteiger partial charge in [-0.2, -0.15) is 0 Å². The highest BCUT2D eigenvalue weighted by Gasteiger charge is 2.62. The molecule has 304 valence electrons. The number of pyridine rings is 1. The van der Waals surface area contributed by atoms with Crippen LogP contribution >= 0.6 is 0 Å². The molecule has 3 aliphatic rings. The molecule has 5 rings (SSSR count). The number of allylic oxidation sites excluding steroid dienone is 2. The minimum atomic E-state index is -3.94. The van der Waals surface area contributed by atoms with Crippen LogP contribution in [0.15, 0.2) is 54.8 Å². The maximum atomic E-state index is 14.5. The van der Waals surface area contributed by atoms with Crippen molar-refractivity contribution in [3.8, 4) is 11.6 Å². The lowest BCUT2D eigenvalue weighted by Crippen LogP contribution is -2.58. The summed E-state index contributed by atoms with van der Waals surface area (Å²) >= 11 is 0. The largest absolute Gasteiger partial charge is 0.491 e. The summed E-state index contributed by atoms with van der Waals surface area (Å²) in [4.78, 5) is 73.8. The fourth-order valence-corrected chi connectivity index (χ4v) is 8.07. The monoisotopic (exact) mass is 795 g/mol. The molecular weight excluding hydrogens is 743 g/mol. The van der Waals surface area contributed by atoms with Gasteiger partial charge in [-0.05, 0) is 110 Å². The van der Waals surface area contributed by atoms with Gasteiger partial charge in [-0.15, -0.1) is 6.58 Å². The van der Waals surface area contributed by atoms with Crippen LogP contribution in [0, 0.1) is 5.92 Å². The van der Waals surface area contributed by atoms with Gasteiger partial charge in [0.15, 0.2) is 5.78 Å². The van der Waals surface area contributed by atoms with Crippen molar-refractivity contribution in [2.45, 2.75) is 128 Å². The highest BCUT2D eigenvalue weighted by atomic mass is 32.2. The highest BCUT2D eigenvalue weighted by Crippen LogP contribution is 2.45. The Bertz CT molecular complexity index is 2020. The third-order valence-corrected chi connectivity index (χ3v) is 11.4. The zero-order valence-electron chi connectivity index (χ0n) is 33.0. The van der Waals surface area contributed by atoms with E-state index in [0.29, 0.717) is 24.0 Å². The number of alkyl carbamates (subject to hydrolysis) is 1. The lowest BCUT2D eigenvalue weighted by molar-refractivity contribution is -0.141. The van der Waals surface area contributed by atoms with Gasteiger partial charge in [0.2, 0.25) is 27.7 Å². The molecule has 0 spiro atoms. The van der Waals surface area contributed by atoms with E-state index in [9.17, 15) is 32.4 Å². The molecule has 5 atom stereocenters. The average Bonchev–Trinajstić information content (AvgIpc) is 4.02. The number of nitrogens with zero attached hydrogens (tertiary/aromatic N) is 2. The molecular formula is C40H53N5O10S. The molecule has 4 amide bonds. The first-order valence-corrected chi connectivity index (χ1v) is 20.5. The second kappa shape index (κ2) is 16.6. The number of nitrogens with one attached hydrogen (secondary N) is 3. The first-order valence-electron chi connectivity index (χ1n) is 18.9. The molecule has 5 unspecified atom stereocenters. The summed E-state index contributed by atoms with van der Waals surface area (Å²) in [6.45, 7) is 16.0. The SMILES string of the molecule is C=CC1CC1(NC(=O)C1CC(Oc2nccc3cc(OC(C)C)ccc23)CN1C(=O)C(CCC(=O)C=C(C)C)NC(=O)OC(C)(C)C)C(=O)NS(=O)(=O)C1CC1. The van der Waals surface area contributed by atoms with Crippen molar-refractivity contribution < 1.29 is 46.6 Å².